The molecule has 0 amide bonds. The van der Waals surface area contributed by atoms with Crippen LogP contribution in [0.5, 0.6) is 0 Å². The molecule has 294 valence electrons. The molecule has 11 rings (SSSR count). The van der Waals surface area contributed by atoms with Crippen molar-refractivity contribution < 1.29 is 30.3 Å². The molecule has 1 aromatic rings. The Labute approximate surface area is 321 Å². The first-order chi connectivity index (χ1) is 25.7. The zero-order valence-corrected chi connectivity index (χ0v) is 32.9. The molecule has 5 N–H and O–H groups in total. The minimum absolute atomic E-state index is 0.00243. The number of ketones is 1. The van der Waals surface area contributed by atoms with Crippen molar-refractivity contribution >= 4 is 5.78 Å². The van der Waals surface area contributed by atoms with Gasteiger partial charge in [-0.15, -0.1) is 5.92 Å². The van der Waals surface area contributed by atoms with Gasteiger partial charge in [0.2, 0.25) is 0 Å². The van der Waals surface area contributed by atoms with Crippen molar-refractivity contribution in [2.75, 3.05) is 6.61 Å². The van der Waals surface area contributed by atoms with Gasteiger partial charge in [-0.1, -0.05) is 45.1 Å². The topological polar surface area (TPSA) is 136 Å². The molecule has 8 nitrogen and oxygen atoms in total. The summed E-state index contributed by atoms with van der Waals surface area (Å²) in [5.41, 5.74) is -3.47. The Hall–Kier alpha value is -2.02. The lowest BCUT2D eigenvalue weighted by atomic mass is 9.25. The quantitative estimate of drug-likeness (QED) is 0.240. The maximum Gasteiger partial charge on any atom is 0.159 e. The number of aliphatic hydroxyl groups is 5. The van der Waals surface area contributed by atoms with Crippen LogP contribution < -0.4 is 0 Å². The van der Waals surface area contributed by atoms with Gasteiger partial charge in [0.25, 0.3) is 0 Å². The highest BCUT2D eigenvalue weighted by atomic mass is 16.3. The van der Waals surface area contributed by atoms with Crippen LogP contribution in [0.3, 0.4) is 0 Å². The normalized spacial score (nSPS) is 53.0. The maximum atomic E-state index is 15.8. The number of aromatic nitrogens is 2. The molecule has 0 aromatic carbocycles. The van der Waals surface area contributed by atoms with Crippen LogP contribution in [0.25, 0.3) is 0 Å². The van der Waals surface area contributed by atoms with E-state index < -0.39 is 57.6 Å². The summed E-state index contributed by atoms with van der Waals surface area (Å²) >= 11 is 0. The van der Waals surface area contributed by atoms with Crippen LogP contribution in [0.1, 0.15) is 130 Å². The van der Waals surface area contributed by atoms with Crippen molar-refractivity contribution in [3.05, 3.63) is 30.4 Å². The second-order valence-electron chi connectivity index (χ2n) is 21.5. The molecule has 5 bridgehead atoms. The average molecular weight is 741 g/mol. The molecule has 1 aromatic heterocycles. The van der Waals surface area contributed by atoms with E-state index in [1.54, 1.807) is 0 Å². The van der Waals surface area contributed by atoms with Crippen LogP contribution in [-0.2, 0) is 11.3 Å². The Kier molecular flexibility index (Phi) is 7.77. The second-order valence-corrected chi connectivity index (χ2v) is 21.5. The van der Waals surface area contributed by atoms with Gasteiger partial charge in [0.15, 0.2) is 5.78 Å². The highest BCUT2D eigenvalue weighted by Crippen LogP contribution is 2.85. The molecule has 54 heavy (non-hydrogen) atoms. The minimum atomic E-state index is -1.31. The maximum absolute atomic E-state index is 15.8. The largest absolute Gasteiger partial charge is 0.394 e. The minimum Gasteiger partial charge on any atom is -0.394 e. The first-order valence-corrected chi connectivity index (χ1v) is 21.8. The molecule has 7 saturated carbocycles. The Balaban J connectivity index is 1.23. The number of nitrogens with zero attached hydrogens (tertiary/aromatic N) is 2. The standard InChI is InChI=1S/C46H64N2O6/c1-39-12-4-7-15-45(54)19-9-30-38(53)46(45,42(27-39)13-5-6-14-42)32(24-39)31-22-33(50)37-43-16-8-29(25-48-21-20-47-28-48)23-44(37,41(30,31)3)18-10-34(43)40(2,36(52)26-49)35(51)11-17-43/h20-22,28-30,32,34-38,49,51-54H,4-6,8-14,16-19,23-27H2,1-3H3. The van der Waals surface area contributed by atoms with E-state index in [1.165, 1.54) is 5.57 Å². The Bertz CT molecular complexity index is 1800. The number of hydrogen-bond donors (Lipinski definition) is 5. The molecule has 3 spiro atoms. The molecule has 0 aliphatic heterocycles. The smallest absolute Gasteiger partial charge is 0.159 e. The molecule has 0 saturated heterocycles. The van der Waals surface area contributed by atoms with Crippen molar-refractivity contribution in [1.82, 2.24) is 9.55 Å². The number of hydrogen-bond acceptors (Lipinski definition) is 7. The monoisotopic (exact) mass is 740 g/mol. The first kappa shape index (κ1) is 36.3. The summed E-state index contributed by atoms with van der Waals surface area (Å²) in [7, 11) is 0. The number of rotatable bonds is 4. The molecular weight excluding hydrogens is 677 g/mol. The molecule has 1 heterocycles. The summed E-state index contributed by atoms with van der Waals surface area (Å²) in [5.74, 6) is 6.78. The summed E-state index contributed by atoms with van der Waals surface area (Å²) in [6, 6.07) is 0. The number of allylic oxidation sites excluding steroid dienone is 2. The molecule has 15 atom stereocenters. The number of aliphatic hydroxyl groups excluding tert-OH is 4. The first-order valence-electron chi connectivity index (χ1n) is 21.8. The highest BCUT2D eigenvalue weighted by Gasteiger charge is 2.83. The summed E-state index contributed by atoms with van der Waals surface area (Å²) in [4.78, 5) is 20.2. The van der Waals surface area contributed by atoms with Gasteiger partial charge in [-0.05, 0) is 141 Å². The van der Waals surface area contributed by atoms with Gasteiger partial charge < -0.3 is 30.1 Å². The average Bonchev–Trinajstić information content (AvgIpc) is 3.83. The number of carbonyl (C=O) groups excluding carboxylic acids is 1. The number of carbonyl (C=O) groups is 1. The predicted octanol–water partition coefficient (Wildman–Crippen LogP) is 5.99. The van der Waals surface area contributed by atoms with Crippen LogP contribution in [0, 0.1) is 79.3 Å². The Morgan fingerprint density at radius 3 is 2.50 bits per heavy atom. The number of imidazole rings is 1. The van der Waals surface area contributed by atoms with Crippen molar-refractivity contribution in [2.45, 2.75) is 160 Å². The summed E-state index contributed by atoms with van der Waals surface area (Å²) < 4.78 is 2.20. The summed E-state index contributed by atoms with van der Waals surface area (Å²) in [6.45, 7) is 7.29. The van der Waals surface area contributed by atoms with E-state index in [-0.39, 0.29) is 46.2 Å². The summed E-state index contributed by atoms with van der Waals surface area (Å²) in [5, 5.41) is 60.7. The SMILES string of the molecule is CC12CCC#CC3(O)CCC4C(O)C3(C(C1)C1=CC(=O)C3C56CCC(Cn7ccnc7)CC3(CCC5C(C)(C(O)CO)C(O)CC6)C14C)C1(CCCC1)C2. The van der Waals surface area contributed by atoms with Crippen LogP contribution in [-0.4, -0.2) is 71.4 Å². The molecule has 8 heteroatoms. The van der Waals surface area contributed by atoms with Gasteiger partial charge in [0.05, 0.1) is 31.2 Å². The van der Waals surface area contributed by atoms with E-state index in [1.807, 2.05) is 25.6 Å². The fourth-order valence-electron chi connectivity index (χ4n) is 18.2. The third-order valence-corrected chi connectivity index (χ3v) is 19.9. The van der Waals surface area contributed by atoms with Crippen molar-refractivity contribution in [2.24, 2.45) is 67.5 Å². The van der Waals surface area contributed by atoms with E-state index in [4.69, 9.17) is 0 Å². The lowest BCUT2D eigenvalue weighted by Crippen LogP contribution is -2.80. The Morgan fingerprint density at radius 1 is 0.981 bits per heavy atom. The van der Waals surface area contributed by atoms with E-state index in [0.29, 0.717) is 19.3 Å². The molecule has 10 aliphatic rings. The van der Waals surface area contributed by atoms with E-state index in [0.717, 1.165) is 96.4 Å². The van der Waals surface area contributed by atoms with Crippen LogP contribution in [0.2, 0.25) is 0 Å². The molecule has 7 fully saturated rings. The van der Waals surface area contributed by atoms with Gasteiger partial charge in [-0.2, -0.15) is 0 Å². The van der Waals surface area contributed by atoms with Gasteiger partial charge in [-0.3, -0.25) is 4.79 Å². The third kappa shape index (κ3) is 4.05. The van der Waals surface area contributed by atoms with E-state index in [2.05, 4.69) is 41.3 Å². The fourth-order valence-corrected chi connectivity index (χ4v) is 18.2. The van der Waals surface area contributed by atoms with Crippen molar-refractivity contribution in [1.29, 1.82) is 0 Å². The van der Waals surface area contributed by atoms with Crippen LogP contribution >= 0.6 is 0 Å². The van der Waals surface area contributed by atoms with Crippen molar-refractivity contribution in [3.8, 4) is 11.8 Å². The second kappa shape index (κ2) is 11.6. The number of fused-ring (bicyclic) bond motifs is 5. The van der Waals surface area contributed by atoms with Gasteiger partial charge in [0, 0.05) is 47.5 Å². The molecule has 15 unspecified atom stereocenters. The Morgan fingerprint density at radius 2 is 1.76 bits per heavy atom. The highest BCUT2D eigenvalue weighted by molar-refractivity contribution is 5.96. The lowest BCUT2D eigenvalue weighted by Gasteiger charge is -2.79. The summed E-state index contributed by atoms with van der Waals surface area (Å²) in [6.07, 6.45) is 19.8. The van der Waals surface area contributed by atoms with Gasteiger partial charge >= 0.3 is 0 Å². The lowest BCUT2D eigenvalue weighted by molar-refractivity contribution is -0.320. The van der Waals surface area contributed by atoms with E-state index in [9.17, 15) is 25.5 Å². The van der Waals surface area contributed by atoms with E-state index >= 15 is 4.79 Å². The molecule has 0 radical (unpaired) electrons. The van der Waals surface area contributed by atoms with Gasteiger partial charge in [-0.25, -0.2) is 4.98 Å². The van der Waals surface area contributed by atoms with Crippen LogP contribution in [0.15, 0.2) is 30.4 Å². The third-order valence-electron chi connectivity index (χ3n) is 19.9. The molecule has 10 aliphatic carbocycles. The zero-order chi connectivity index (χ0) is 37.7. The molecular formula is C46H64N2O6. The predicted molar refractivity (Wildman–Crippen MR) is 203 cm³/mol. The van der Waals surface area contributed by atoms with Crippen LogP contribution in [0.4, 0.5) is 0 Å². The van der Waals surface area contributed by atoms with Crippen molar-refractivity contribution in [3.63, 3.8) is 0 Å². The zero-order valence-electron chi connectivity index (χ0n) is 32.9. The van der Waals surface area contributed by atoms with Gasteiger partial charge in [0.1, 0.15) is 5.60 Å². The fraction of sp³-hybridized carbons (Fsp3) is 0.826.